The van der Waals surface area contributed by atoms with Crippen molar-refractivity contribution in [3.8, 4) is 0 Å². The molecule has 0 aliphatic rings. The third kappa shape index (κ3) is 8.63. The zero-order chi connectivity index (χ0) is 27.8. The van der Waals surface area contributed by atoms with Crippen molar-refractivity contribution in [2.24, 2.45) is 5.73 Å². The molecule has 3 unspecified atom stereocenters. The molecular weight excluding hydrogens is 472 g/mol. The van der Waals surface area contributed by atoms with E-state index in [9.17, 15) is 19.2 Å². The fourth-order valence-corrected chi connectivity index (χ4v) is 3.81. The first kappa shape index (κ1) is 29.4. The maximum atomic E-state index is 14.0. The molecule has 0 fully saturated rings. The van der Waals surface area contributed by atoms with Crippen LogP contribution < -0.4 is 16.4 Å². The predicted molar refractivity (Wildman–Crippen MR) is 143 cm³/mol. The highest BCUT2D eigenvalue weighted by Gasteiger charge is 2.39. The van der Waals surface area contributed by atoms with Crippen molar-refractivity contribution >= 4 is 29.5 Å². The van der Waals surface area contributed by atoms with Crippen LogP contribution in [0.4, 0.5) is 10.5 Å². The Kier molecular flexibility index (Phi) is 10.2. The molecule has 0 saturated heterocycles. The third-order valence-corrected chi connectivity index (χ3v) is 5.76. The second-order valence-corrected chi connectivity index (χ2v) is 9.99. The molecule has 0 radical (unpaired) electrons. The fourth-order valence-electron chi connectivity index (χ4n) is 3.81. The van der Waals surface area contributed by atoms with Crippen LogP contribution in [0.1, 0.15) is 64.6 Å². The number of nitrogens with two attached hydrogens (primary N) is 1. The Morgan fingerprint density at radius 1 is 1.00 bits per heavy atom. The number of anilines is 1. The Balaban J connectivity index is 2.53. The number of hydrogen-bond donors (Lipinski definition) is 3. The van der Waals surface area contributed by atoms with Gasteiger partial charge in [0, 0.05) is 11.7 Å². The van der Waals surface area contributed by atoms with Crippen molar-refractivity contribution in [2.75, 3.05) is 5.32 Å². The summed E-state index contributed by atoms with van der Waals surface area (Å²) in [6.45, 7) is 10.6. The fraction of sp³-hybridized carbons (Fsp3) is 0.429. The SMILES string of the molecule is CCC(C)N(C(=O)C(CC(N)=O)NC(=O)OC(C)(C)C)C(C(=O)Nc1ccccc1C)c1ccccc1. The quantitative estimate of drug-likeness (QED) is 0.443. The average molecular weight is 511 g/mol. The van der Waals surface area contributed by atoms with Crippen molar-refractivity contribution in [1.29, 1.82) is 0 Å². The predicted octanol–water partition coefficient (Wildman–Crippen LogP) is 4.07. The van der Waals surface area contributed by atoms with Crippen LogP contribution in [-0.4, -0.2) is 46.4 Å². The van der Waals surface area contributed by atoms with Crippen LogP contribution in [0.15, 0.2) is 54.6 Å². The molecule has 2 rings (SSSR count). The van der Waals surface area contributed by atoms with Crippen LogP contribution in [0.3, 0.4) is 0 Å². The summed E-state index contributed by atoms with van der Waals surface area (Å²) >= 11 is 0. The third-order valence-electron chi connectivity index (χ3n) is 5.76. The zero-order valence-corrected chi connectivity index (χ0v) is 22.4. The Labute approximate surface area is 218 Å². The number of primary amides is 1. The maximum absolute atomic E-state index is 14.0. The summed E-state index contributed by atoms with van der Waals surface area (Å²) in [6, 6.07) is 13.4. The second-order valence-electron chi connectivity index (χ2n) is 9.99. The Morgan fingerprint density at radius 3 is 2.14 bits per heavy atom. The molecule has 3 atom stereocenters. The lowest BCUT2D eigenvalue weighted by Crippen LogP contribution is -2.55. The van der Waals surface area contributed by atoms with Gasteiger partial charge in [0.15, 0.2) is 0 Å². The van der Waals surface area contributed by atoms with E-state index in [1.807, 2.05) is 45.0 Å². The van der Waals surface area contributed by atoms with Crippen LogP contribution in [0.5, 0.6) is 0 Å². The highest BCUT2D eigenvalue weighted by Crippen LogP contribution is 2.28. The number of alkyl carbamates (subject to hydrolysis) is 1. The van der Waals surface area contributed by atoms with Gasteiger partial charge in [0.25, 0.3) is 5.91 Å². The van der Waals surface area contributed by atoms with E-state index < -0.39 is 54.0 Å². The first-order valence-corrected chi connectivity index (χ1v) is 12.4. The number of hydrogen-bond acceptors (Lipinski definition) is 5. The van der Waals surface area contributed by atoms with Crippen molar-refractivity contribution in [3.05, 3.63) is 65.7 Å². The van der Waals surface area contributed by atoms with Crippen molar-refractivity contribution in [3.63, 3.8) is 0 Å². The topological polar surface area (TPSA) is 131 Å². The standard InChI is InChI=1S/C28H38N4O5/c1-7-19(3)32(26(35)22(17-23(29)33)31-27(36)37-28(4,5)6)24(20-14-9-8-10-15-20)25(34)30-21-16-12-11-13-18(21)2/h8-16,19,22,24H,7,17H2,1-6H3,(H2,29,33)(H,30,34)(H,31,36). The van der Waals surface area contributed by atoms with Gasteiger partial charge in [-0.1, -0.05) is 55.5 Å². The van der Waals surface area contributed by atoms with Gasteiger partial charge in [-0.25, -0.2) is 4.79 Å². The number of nitrogens with one attached hydrogen (secondary N) is 2. The normalized spacial score (nSPS) is 13.6. The molecule has 0 aliphatic heterocycles. The number of amides is 4. The number of ether oxygens (including phenoxy) is 1. The molecule has 4 N–H and O–H groups in total. The summed E-state index contributed by atoms with van der Waals surface area (Å²) in [5.74, 6) is -1.82. The Morgan fingerprint density at radius 2 is 1.59 bits per heavy atom. The van der Waals surface area contributed by atoms with Gasteiger partial charge < -0.3 is 26.0 Å². The molecule has 0 aliphatic carbocycles. The molecule has 0 aromatic heterocycles. The average Bonchev–Trinajstić information content (AvgIpc) is 2.81. The van der Waals surface area contributed by atoms with Crippen molar-refractivity contribution in [1.82, 2.24) is 10.2 Å². The first-order chi connectivity index (χ1) is 17.3. The number of para-hydroxylation sites is 1. The highest BCUT2D eigenvalue weighted by atomic mass is 16.6. The molecule has 0 heterocycles. The van der Waals surface area contributed by atoms with E-state index in [0.29, 0.717) is 17.7 Å². The maximum Gasteiger partial charge on any atom is 0.408 e. The number of rotatable bonds is 10. The number of nitrogens with zero attached hydrogens (tertiary/aromatic N) is 1. The van der Waals surface area contributed by atoms with Crippen LogP contribution in [0, 0.1) is 6.92 Å². The molecule has 9 nitrogen and oxygen atoms in total. The summed E-state index contributed by atoms with van der Waals surface area (Å²) in [6.07, 6.45) is -0.800. The molecule has 0 spiro atoms. The van der Waals surface area contributed by atoms with E-state index >= 15 is 0 Å². The summed E-state index contributed by atoms with van der Waals surface area (Å²) in [5.41, 5.74) is 6.67. The lowest BCUT2D eigenvalue weighted by Gasteiger charge is -2.38. The van der Waals surface area contributed by atoms with E-state index in [-0.39, 0.29) is 0 Å². The van der Waals surface area contributed by atoms with E-state index in [1.165, 1.54) is 4.90 Å². The lowest BCUT2D eigenvalue weighted by atomic mass is 9.99. The highest BCUT2D eigenvalue weighted by molar-refractivity contribution is 6.00. The number of carbonyl (C=O) groups is 4. The van der Waals surface area contributed by atoms with Crippen molar-refractivity contribution in [2.45, 2.75) is 78.1 Å². The number of benzene rings is 2. The van der Waals surface area contributed by atoms with E-state index in [1.54, 1.807) is 51.1 Å². The van der Waals surface area contributed by atoms with E-state index in [4.69, 9.17) is 10.5 Å². The van der Waals surface area contributed by atoms with Gasteiger partial charge in [0.2, 0.25) is 11.8 Å². The largest absolute Gasteiger partial charge is 0.444 e. The minimum Gasteiger partial charge on any atom is -0.444 e. The van der Waals surface area contributed by atoms with Gasteiger partial charge in [-0.2, -0.15) is 0 Å². The summed E-state index contributed by atoms with van der Waals surface area (Å²) in [7, 11) is 0. The van der Waals surface area contributed by atoms with Crippen LogP contribution >= 0.6 is 0 Å². The van der Waals surface area contributed by atoms with Gasteiger partial charge in [-0.3, -0.25) is 14.4 Å². The second kappa shape index (κ2) is 12.9. The lowest BCUT2D eigenvalue weighted by molar-refractivity contribution is -0.144. The molecular formula is C28H38N4O5. The van der Waals surface area contributed by atoms with Crippen LogP contribution in [-0.2, 0) is 19.1 Å². The molecule has 9 heteroatoms. The number of aryl methyl sites for hydroxylation is 1. The van der Waals surface area contributed by atoms with Crippen molar-refractivity contribution < 1.29 is 23.9 Å². The first-order valence-electron chi connectivity index (χ1n) is 12.4. The molecule has 0 bridgehead atoms. The van der Waals surface area contributed by atoms with E-state index in [0.717, 1.165) is 5.56 Å². The molecule has 2 aromatic carbocycles. The summed E-state index contributed by atoms with van der Waals surface area (Å²) in [4.78, 5) is 53.6. The van der Waals surface area contributed by atoms with Crippen LogP contribution in [0.25, 0.3) is 0 Å². The smallest absolute Gasteiger partial charge is 0.408 e. The van der Waals surface area contributed by atoms with E-state index in [2.05, 4.69) is 10.6 Å². The summed E-state index contributed by atoms with van der Waals surface area (Å²) in [5, 5.41) is 5.42. The molecule has 2 aromatic rings. The van der Waals surface area contributed by atoms with Gasteiger partial charge in [-0.05, 0) is 58.2 Å². The van der Waals surface area contributed by atoms with Crippen LogP contribution in [0.2, 0.25) is 0 Å². The van der Waals surface area contributed by atoms with Gasteiger partial charge >= 0.3 is 6.09 Å². The Hall–Kier alpha value is -3.88. The monoisotopic (exact) mass is 510 g/mol. The van der Waals surface area contributed by atoms with Gasteiger partial charge in [0.1, 0.15) is 17.7 Å². The molecule has 200 valence electrons. The van der Waals surface area contributed by atoms with Gasteiger partial charge in [-0.15, -0.1) is 0 Å². The number of carbonyl (C=O) groups excluding carboxylic acids is 4. The molecule has 0 saturated carbocycles. The zero-order valence-electron chi connectivity index (χ0n) is 22.4. The minimum atomic E-state index is -1.32. The molecule has 37 heavy (non-hydrogen) atoms. The minimum absolute atomic E-state index is 0.420. The molecule has 4 amide bonds. The van der Waals surface area contributed by atoms with Gasteiger partial charge in [0.05, 0.1) is 6.42 Å². The Bertz CT molecular complexity index is 1100. The summed E-state index contributed by atoms with van der Waals surface area (Å²) < 4.78 is 5.30.